The van der Waals surface area contributed by atoms with Crippen LogP contribution in [0.3, 0.4) is 0 Å². The standard InChI is InChI=1S/C80H96/c1-10-19-62-20-22-63(23-21-62)54-77(57-78(56-69(17-8)72-42-28-60(13-4)29-43-72)74-44-32-64(33-45-74)52-67(15-6)70-38-24-58(11-2)25-39-70)73-46-34-66(35-47-73)55-80(79(18-9)75-48-30-61(14-5)31-49-75)76-50-36-65(37-51-76)53-68(16-7)71-40-26-59(12-3)27-41-71/h10,19-51,67-69,77-80H,11-18,52-57H2,1-9H3. The van der Waals surface area contributed by atoms with Crippen LogP contribution in [0.5, 0.6) is 0 Å². The van der Waals surface area contributed by atoms with Crippen LogP contribution >= 0.6 is 0 Å². The first kappa shape index (κ1) is 59.6. The van der Waals surface area contributed by atoms with Crippen LogP contribution in [0.4, 0.5) is 0 Å². The lowest BCUT2D eigenvalue weighted by molar-refractivity contribution is 0.454. The summed E-state index contributed by atoms with van der Waals surface area (Å²) in [5.74, 6) is 3.00. The van der Waals surface area contributed by atoms with Crippen LogP contribution < -0.4 is 0 Å². The van der Waals surface area contributed by atoms with Crippen LogP contribution in [0, 0.1) is 0 Å². The Labute approximate surface area is 486 Å². The summed E-state index contributed by atoms with van der Waals surface area (Å²) < 4.78 is 0. The summed E-state index contributed by atoms with van der Waals surface area (Å²) in [4.78, 5) is 0. The van der Waals surface area contributed by atoms with E-state index in [1.165, 1.54) is 89.0 Å². The minimum absolute atomic E-state index is 0.345. The highest BCUT2D eigenvalue weighted by molar-refractivity contribution is 5.49. The quantitative estimate of drug-likeness (QED) is 0.0438. The molecule has 0 heterocycles. The van der Waals surface area contributed by atoms with Crippen LogP contribution in [0.25, 0.3) is 6.08 Å². The average Bonchev–Trinajstić information content (AvgIpc) is 3.52. The van der Waals surface area contributed by atoms with Crippen molar-refractivity contribution in [2.75, 3.05) is 0 Å². The molecule has 0 aliphatic heterocycles. The smallest absolute Gasteiger partial charge is 0.00527 e. The molecular formula is C80H96. The monoisotopic (exact) mass is 1060 g/mol. The zero-order valence-corrected chi connectivity index (χ0v) is 50.6. The summed E-state index contributed by atoms with van der Waals surface area (Å²) in [6.45, 7) is 20.6. The Kier molecular flexibility index (Phi) is 22.6. The van der Waals surface area contributed by atoms with E-state index >= 15 is 0 Å². The van der Waals surface area contributed by atoms with Gasteiger partial charge in [0.05, 0.1) is 0 Å². The molecular weight excluding hydrogens is 961 g/mol. The van der Waals surface area contributed by atoms with Gasteiger partial charge in [0.25, 0.3) is 0 Å². The van der Waals surface area contributed by atoms with E-state index in [1.54, 1.807) is 0 Å². The van der Waals surface area contributed by atoms with Crippen LogP contribution in [-0.4, -0.2) is 0 Å². The summed E-state index contributed by atoms with van der Waals surface area (Å²) in [6, 6.07) is 77.1. The Hall–Kier alpha value is -6.50. The van der Waals surface area contributed by atoms with Gasteiger partial charge in [-0.15, -0.1) is 0 Å². The maximum atomic E-state index is 2.52. The lowest BCUT2D eigenvalue weighted by Gasteiger charge is -2.29. The second-order valence-electron chi connectivity index (χ2n) is 23.5. The first-order chi connectivity index (χ1) is 39.2. The molecule has 0 heteroatoms. The SMILES string of the molecule is CC=Cc1ccc(CC(CC(CC(CC)c2ccc(CC)cc2)c2ccc(CC(CC)c3ccc(CC)cc3)cc2)c2ccc(CC(c3ccc(CC(CC)c4ccc(CC)cc4)cc3)C(CC)c3ccc(CC)cc3)cc2)cc1. The number of allylic oxidation sites excluding steroid dienone is 1. The lowest BCUT2D eigenvalue weighted by Crippen LogP contribution is -2.15. The molecule has 7 unspecified atom stereocenters. The molecule has 0 nitrogen and oxygen atoms in total. The van der Waals surface area contributed by atoms with Gasteiger partial charge in [0.2, 0.25) is 0 Å². The van der Waals surface area contributed by atoms with Gasteiger partial charge in [-0.05, 0) is 227 Å². The summed E-state index contributed by atoms with van der Waals surface area (Å²) in [5.41, 5.74) is 22.8. The van der Waals surface area contributed by atoms with Crippen molar-refractivity contribution in [2.45, 2.75) is 194 Å². The third-order valence-electron chi connectivity index (χ3n) is 18.5. The maximum Gasteiger partial charge on any atom is -0.00527 e. The van der Waals surface area contributed by atoms with E-state index in [0.717, 1.165) is 89.9 Å². The Morgan fingerprint density at radius 2 is 0.525 bits per heavy atom. The maximum absolute atomic E-state index is 2.52. The second-order valence-corrected chi connectivity index (χ2v) is 23.5. The summed E-state index contributed by atoms with van der Waals surface area (Å²) in [6.07, 6.45) is 19.5. The van der Waals surface area contributed by atoms with Gasteiger partial charge in [-0.25, -0.2) is 0 Å². The van der Waals surface area contributed by atoms with Gasteiger partial charge in [0.1, 0.15) is 0 Å². The molecule has 0 spiro atoms. The van der Waals surface area contributed by atoms with E-state index in [-0.39, 0.29) is 0 Å². The summed E-state index contributed by atoms with van der Waals surface area (Å²) >= 11 is 0. The molecule has 0 aromatic heterocycles. The van der Waals surface area contributed by atoms with E-state index in [4.69, 9.17) is 0 Å². The fourth-order valence-corrected chi connectivity index (χ4v) is 13.1. The molecule has 8 aromatic carbocycles. The third kappa shape index (κ3) is 16.1. The van der Waals surface area contributed by atoms with Gasteiger partial charge < -0.3 is 0 Å². The van der Waals surface area contributed by atoms with E-state index in [9.17, 15) is 0 Å². The molecule has 0 aliphatic rings. The van der Waals surface area contributed by atoms with Crippen molar-refractivity contribution in [3.63, 3.8) is 0 Å². The zero-order chi connectivity index (χ0) is 56.2. The number of hydrogen-bond donors (Lipinski definition) is 0. The minimum atomic E-state index is 0.345. The highest BCUT2D eigenvalue weighted by atomic mass is 14.3. The number of aryl methyl sites for hydroxylation is 4. The lowest BCUT2D eigenvalue weighted by atomic mass is 9.75. The first-order valence-corrected chi connectivity index (χ1v) is 31.5. The molecule has 0 radical (unpaired) electrons. The van der Waals surface area contributed by atoms with Gasteiger partial charge in [-0.1, -0.05) is 262 Å². The van der Waals surface area contributed by atoms with Gasteiger partial charge in [-0.2, -0.15) is 0 Å². The van der Waals surface area contributed by atoms with Crippen molar-refractivity contribution in [3.05, 3.63) is 289 Å². The highest BCUT2D eigenvalue weighted by Crippen LogP contribution is 2.43. The number of hydrogen-bond acceptors (Lipinski definition) is 0. The van der Waals surface area contributed by atoms with Crippen LogP contribution in [0.2, 0.25) is 0 Å². The normalized spacial score (nSPS) is 14.4. The molecule has 0 saturated heterocycles. The van der Waals surface area contributed by atoms with Gasteiger partial charge in [-0.3, -0.25) is 0 Å². The van der Waals surface area contributed by atoms with E-state index < -0.39 is 0 Å². The Bertz CT molecular complexity index is 3040. The van der Waals surface area contributed by atoms with Gasteiger partial charge >= 0.3 is 0 Å². The predicted molar refractivity (Wildman–Crippen MR) is 348 cm³/mol. The Balaban J connectivity index is 1.11. The topological polar surface area (TPSA) is 0 Å². The average molecular weight is 1060 g/mol. The number of rotatable bonds is 29. The molecule has 7 atom stereocenters. The van der Waals surface area contributed by atoms with Crippen LogP contribution in [0.15, 0.2) is 200 Å². The number of benzene rings is 8. The Morgan fingerprint density at radius 3 is 0.875 bits per heavy atom. The largest absolute Gasteiger partial charge is 0.0871 e. The van der Waals surface area contributed by atoms with Gasteiger partial charge in [0, 0.05) is 0 Å². The van der Waals surface area contributed by atoms with Crippen molar-refractivity contribution in [1.29, 1.82) is 0 Å². The molecule has 0 amide bonds. The predicted octanol–water partition coefficient (Wildman–Crippen LogP) is 22.0. The summed E-state index contributed by atoms with van der Waals surface area (Å²) in [7, 11) is 0. The fraction of sp³-hybridized carbons (Fsp3) is 0.375. The molecule has 8 rings (SSSR count). The molecule has 0 fully saturated rings. The molecule has 416 valence electrons. The second kappa shape index (κ2) is 30.4. The van der Waals surface area contributed by atoms with E-state index in [0.29, 0.717) is 41.4 Å². The molecule has 0 bridgehead atoms. The van der Waals surface area contributed by atoms with E-state index in [1.807, 2.05) is 0 Å². The zero-order valence-electron chi connectivity index (χ0n) is 50.6. The van der Waals surface area contributed by atoms with Crippen molar-refractivity contribution >= 4 is 6.08 Å². The van der Waals surface area contributed by atoms with Gasteiger partial charge in [0.15, 0.2) is 0 Å². The molecule has 0 aliphatic carbocycles. The van der Waals surface area contributed by atoms with Crippen molar-refractivity contribution in [2.24, 2.45) is 0 Å². The third-order valence-corrected chi connectivity index (χ3v) is 18.5. The fourth-order valence-electron chi connectivity index (χ4n) is 13.1. The van der Waals surface area contributed by atoms with Crippen molar-refractivity contribution in [3.8, 4) is 0 Å². The minimum Gasteiger partial charge on any atom is -0.0871 e. The molecule has 80 heavy (non-hydrogen) atoms. The molecule has 0 saturated carbocycles. The molecule has 8 aromatic rings. The summed E-state index contributed by atoms with van der Waals surface area (Å²) in [5, 5.41) is 0. The van der Waals surface area contributed by atoms with Crippen molar-refractivity contribution in [1.82, 2.24) is 0 Å². The van der Waals surface area contributed by atoms with E-state index in [2.05, 4.69) is 269 Å². The van der Waals surface area contributed by atoms with Crippen LogP contribution in [0.1, 0.15) is 231 Å². The Morgan fingerprint density at radius 1 is 0.250 bits per heavy atom. The van der Waals surface area contributed by atoms with Crippen molar-refractivity contribution < 1.29 is 0 Å². The highest BCUT2D eigenvalue weighted by Gasteiger charge is 2.27. The molecule has 0 N–H and O–H groups in total. The van der Waals surface area contributed by atoms with Crippen LogP contribution in [-0.2, 0) is 51.4 Å². The first-order valence-electron chi connectivity index (χ1n) is 31.5.